The zero-order chi connectivity index (χ0) is 16.8. The Bertz CT molecular complexity index is 420. The molecule has 0 aromatic carbocycles. The van der Waals surface area contributed by atoms with E-state index in [1.54, 1.807) is 0 Å². The SMILES string of the molecule is CC(CCC(=O)C(C)N=C(P)OC(C)(C)C)=C(C)N(C)C. The second-order valence-electron chi connectivity index (χ2n) is 6.58. The molecule has 0 aliphatic rings. The first kappa shape index (κ1) is 20.1. The van der Waals surface area contributed by atoms with E-state index in [9.17, 15) is 4.79 Å². The minimum Gasteiger partial charge on any atom is -0.472 e. The molecule has 0 amide bonds. The molecule has 0 fully saturated rings. The zero-order valence-electron chi connectivity index (χ0n) is 14.8. The summed E-state index contributed by atoms with van der Waals surface area (Å²) in [6, 6.07) is -0.368. The summed E-state index contributed by atoms with van der Waals surface area (Å²) in [4.78, 5) is 18.5. The largest absolute Gasteiger partial charge is 0.472 e. The van der Waals surface area contributed by atoms with E-state index in [1.165, 1.54) is 11.3 Å². The minimum absolute atomic E-state index is 0.137. The van der Waals surface area contributed by atoms with Gasteiger partial charge in [0.15, 0.2) is 5.78 Å². The van der Waals surface area contributed by atoms with Crippen molar-refractivity contribution in [2.45, 2.75) is 66.0 Å². The van der Waals surface area contributed by atoms with Crippen LogP contribution in [0.15, 0.2) is 16.3 Å². The van der Waals surface area contributed by atoms with Gasteiger partial charge >= 0.3 is 0 Å². The fourth-order valence-electron chi connectivity index (χ4n) is 1.69. The molecule has 4 nitrogen and oxygen atoms in total. The molecule has 2 unspecified atom stereocenters. The number of nitrogens with zero attached hydrogens (tertiary/aromatic N) is 2. The number of ketones is 1. The first-order chi connectivity index (χ1) is 9.44. The lowest BCUT2D eigenvalue weighted by Gasteiger charge is -2.21. The molecule has 2 atom stereocenters. The molecule has 0 bridgehead atoms. The minimum atomic E-state index is -0.368. The van der Waals surface area contributed by atoms with Crippen LogP contribution < -0.4 is 0 Å². The van der Waals surface area contributed by atoms with Crippen molar-refractivity contribution in [3.8, 4) is 0 Å². The van der Waals surface area contributed by atoms with Crippen molar-refractivity contribution < 1.29 is 9.53 Å². The van der Waals surface area contributed by atoms with E-state index in [2.05, 4.69) is 33.0 Å². The van der Waals surface area contributed by atoms with E-state index in [1.807, 2.05) is 41.8 Å². The maximum absolute atomic E-state index is 12.1. The van der Waals surface area contributed by atoms with Crippen molar-refractivity contribution in [3.05, 3.63) is 11.3 Å². The molecule has 0 spiro atoms. The van der Waals surface area contributed by atoms with Crippen LogP contribution in [-0.4, -0.2) is 42.1 Å². The van der Waals surface area contributed by atoms with Crippen LogP contribution in [-0.2, 0) is 9.53 Å². The van der Waals surface area contributed by atoms with Gasteiger partial charge in [-0.1, -0.05) is 5.57 Å². The van der Waals surface area contributed by atoms with Crippen molar-refractivity contribution in [2.75, 3.05) is 14.1 Å². The van der Waals surface area contributed by atoms with E-state index >= 15 is 0 Å². The summed E-state index contributed by atoms with van der Waals surface area (Å²) >= 11 is 0. The third kappa shape index (κ3) is 8.87. The van der Waals surface area contributed by atoms with Crippen LogP contribution in [0.5, 0.6) is 0 Å². The van der Waals surface area contributed by atoms with Crippen LogP contribution in [0.4, 0.5) is 0 Å². The normalized spacial score (nSPS) is 15.4. The molecular formula is C16H31N2O2P. The topological polar surface area (TPSA) is 41.9 Å². The number of allylic oxidation sites excluding steroid dienone is 2. The summed E-state index contributed by atoms with van der Waals surface area (Å²) in [6.45, 7) is 11.8. The maximum atomic E-state index is 12.1. The summed E-state index contributed by atoms with van der Waals surface area (Å²) in [5, 5.41) is 0. The highest BCUT2D eigenvalue weighted by Crippen LogP contribution is 2.15. The first-order valence-corrected chi connectivity index (χ1v) is 7.90. The van der Waals surface area contributed by atoms with E-state index in [0.29, 0.717) is 12.1 Å². The molecule has 5 heteroatoms. The maximum Gasteiger partial charge on any atom is 0.200 e. The monoisotopic (exact) mass is 314 g/mol. The molecule has 0 rings (SSSR count). The van der Waals surface area contributed by atoms with Gasteiger partial charge in [-0.2, -0.15) is 0 Å². The van der Waals surface area contributed by atoms with Gasteiger partial charge in [0, 0.05) is 26.2 Å². The third-order valence-corrected chi connectivity index (χ3v) is 3.50. The Morgan fingerprint density at radius 2 is 1.76 bits per heavy atom. The van der Waals surface area contributed by atoms with Gasteiger partial charge in [-0.05, 0) is 57.2 Å². The summed E-state index contributed by atoms with van der Waals surface area (Å²) in [7, 11) is 6.48. The molecular weight excluding hydrogens is 283 g/mol. The van der Waals surface area contributed by atoms with Crippen LogP contribution >= 0.6 is 9.24 Å². The Balaban J connectivity index is 4.55. The van der Waals surface area contributed by atoms with E-state index in [4.69, 9.17) is 4.74 Å². The van der Waals surface area contributed by atoms with Crippen molar-refractivity contribution >= 4 is 20.7 Å². The Kier molecular flexibility index (Phi) is 8.17. The van der Waals surface area contributed by atoms with Crippen LogP contribution in [0, 0.1) is 0 Å². The smallest absolute Gasteiger partial charge is 0.200 e. The van der Waals surface area contributed by atoms with Crippen LogP contribution in [0.1, 0.15) is 54.4 Å². The van der Waals surface area contributed by atoms with E-state index in [-0.39, 0.29) is 17.4 Å². The number of rotatable bonds is 6. The molecule has 0 radical (unpaired) electrons. The van der Waals surface area contributed by atoms with Gasteiger partial charge < -0.3 is 9.64 Å². The van der Waals surface area contributed by atoms with E-state index in [0.717, 1.165) is 6.42 Å². The summed E-state index contributed by atoms with van der Waals surface area (Å²) in [5.41, 5.74) is 2.63. The molecule has 0 N–H and O–H groups in total. The predicted octanol–water partition coefficient (Wildman–Crippen LogP) is 3.63. The second-order valence-corrected chi connectivity index (χ2v) is 7.08. The van der Waals surface area contributed by atoms with Crippen LogP contribution in [0.2, 0.25) is 0 Å². The average Bonchev–Trinajstić information content (AvgIpc) is 2.31. The summed E-state index contributed by atoms with van der Waals surface area (Å²) in [6.07, 6.45) is 1.28. The van der Waals surface area contributed by atoms with Gasteiger partial charge in [0.1, 0.15) is 11.6 Å². The molecule has 21 heavy (non-hydrogen) atoms. The molecule has 0 saturated carbocycles. The zero-order valence-corrected chi connectivity index (χ0v) is 15.9. The number of carbonyl (C=O) groups is 1. The molecule has 0 saturated heterocycles. The lowest BCUT2D eigenvalue weighted by molar-refractivity contribution is -0.119. The van der Waals surface area contributed by atoms with Gasteiger partial charge in [0.05, 0.1) is 0 Å². The molecule has 0 aliphatic carbocycles. The highest BCUT2D eigenvalue weighted by molar-refractivity contribution is 7.39. The number of hydrogen-bond acceptors (Lipinski definition) is 4. The Labute approximate surface area is 132 Å². The van der Waals surface area contributed by atoms with Gasteiger partial charge in [0.2, 0.25) is 5.64 Å². The van der Waals surface area contributed by atoms with Crippen molar-refractivity contribution in [1.82, 2.24) is 4.90 Å². The molecule has 0 aliphatic heterocycles. The molecule has 122 valence electrons. The predicted molar refractivity (Wildman–Crippen MR) is 93.7 cm³/mol. The van der Waals surface area contributed by atoms with Crippen LogP contribution in [0.3, 0.4) is 0 Å². The Morgan fingerprint density at radius 1 is 1.24 bits per heavy atom. The fourth-order valence-corrected chi connectivity index (χ4v) is 2.26. The lowest BCUT2D eigenvalue weighted by Crippen LogP contribution is -2.23. The van der Waals surface area contributed by atoms with Gasteiger partial charge in [-0.25, -0.2) is 4.99 Å². The lowest BCUT2D eigenvalue weighted by atomic mass is 10.0. The molecule has 0 aromatic heterocycles. The Morgan fingerprint density at radius 3 is 2.19 bits per heavy atom. The van der Waals surface area contributed by atoms with Crippen LogP contribution in [0.25, 0.3) is 0 Å². The fraction of sp³-hybridized carbons (Fsp3) is 0.750. The summed E-state index contributed by atoms with van der Waals surface area (Å²) < 4.78 is 5.60. The summed E-state index contributed by atoms with van der Waals surface area (Å²) in [5.74, 6) is 0.137. The number of Topliss-reactive ketones (excluding diaryl/α,β-unsaturated/α-hetero) is 1. The first-order valence-electron chi connectivity index (χ1n) is 7.32. The van der Waals surface area contributed by atoms with Crippen molar-refractivity contribution in [3.63, 3.8) is 0 Å². The average molecular weight is 314 g/mol. The number of ether oxygens (including phenoxy) is 1. The number of hydrogen-bond donors (Lipinski definition) is 0. The van der Waals surface area contributed by atoms with Crippen molar-refractivity contribution in [1.29, 1.82) is 0 Å². The van der Waals surface area contributed by atoms with Crippen molar-refractivity contribution in [2.24, 2.45) is 4.99 Å². The molecule has 0 heterocycles. The molecule has 0 aromatic rings. The van der Waals surface area contributed by atoms with Gasteiger partial charge in [-0.15, -0.1) is 0 Å². The standard InChI is InChI=1S/C16H31N2O2P/c1-11(13(3)18(7)8)9-10-14(19)12(2)17-15(21)20-16(4,5)6/h12H,9-10,21H2,1-8H3. The van der Waals surface area contributed by atoms with Gasteiger partial charge in [0.25, 0.3) is 0 Å². The number of aliphatic imine (C=N–C) groups is 1. The van der Waals surface area contributed by atoms with E-state index < -0.39 is 0 Å². The number of carbonyl (C=O) groups excluding carboxylic acids is 1. The Hall–Kier alpha value is -0.890. The highest BCUT2D eigenvalue weighted by atomic mass is 31.0. The second kappa shape index (κ2) is 8.53. The van der Waals surface area contributed by atoms with Gasteiger partial charge in [-0.3, -0.25) is 4.79 Å². The third-order valence-electron chi connectivity index (χ3n) is 3.23. The quantitative estimate of drug-likeness (QED) is 0.427. The highest BCUT2D eigenvalue weighted by Gasteiger charge is 2.16.